The molecular formula is C18H19NO4. The Bertz CT molecular complexity index is 773. The van der Waals surface area contributed by atoms with E-state index in [4.69, 9.17) is 4.74 Å². The van der Waals surface area contributed by atoms with E-state index in [0.717, 1.165) is 24.1 Å². The van der Waals surface area contributed by atoms with E-state index in [0.29, 0.717) is 17.7 Å². The van der Waals surface area contributed by atoms with Gasteiger partial charge in [-0.25, -0.2) is 0 Å². The van der Waals surface area contributed by atoms with Gasteiger partial charge in [-0.3, -0.25) is 9.69 Å². The number of aliphatic hydroxyl groups excluding tert-OH is 1. The van der Waals surface area contributed by atoms with Crippen LogP contribution in [0.4, 0.5) is 0 Å². The molecule has 0 saturated carbocycles. The van der Waals surface area contributed by atoms with Crippen LogP contribution in [0.15, 0.2) is 24.3 Å². The maximum absolute atomic E-state index is 12.5. The lowest BCUT2D eigenvalue weighted by atomic mass is 9.51. The highest BCUT2D eigenvalue weighted by Gasteiger charge is 2.71. The molecule has 1 spiro atoms. The Balaban J connectivity index is 1.89. The highest BCUT2D eigenvalue weighted by Crippen LogP contribution is 2.62. The molecule has 2 aliphatic carbocycles. The van der Waals surface area contributed by atoms with Gasteiger partial charge in [0, 0.05) is 17.2 Å². The minimum Gasteiger partial charge on any atom is -0.481 e. The second-order valence-corrected chi connectivity index (χ2v) is 7.23. The van der Waals surface area contributed by atoms with Gasteiger partial charge < -0.3 is 14.9 Å². The third-order valence-corrected chi connectivity index (χ3v) is 6.41. The summed E-state index contributed by atoms with van der Waals surface area (Å²) in [6, 6.07) is 3.83. The van der Waals surface area contributed by atoms with Gasteiger partial charge in [0.2, 0.25) is 0 Å². The summed E-state index contributed by atoms with van der Waals surface area (Å²) in [4.78, 5) is 14.7. The molecule has 1 aromatic carbocycles. The Morgan fingerprint density at radius 1 is 1.43 bits per heavy atom. The molecule has 23 heavy (non-hydrogen) atoms. The molecule has 0 amide bonds. The minimum atomic E-state index is -1.11. The SMILES string of the molecule is CN1CC[C@]23c4c5ccc(CO)c4O[C@H]2C(=O)C=C[C@@]3(O)[C@H]1C5. The molecular weight excluding hydrogens is 294 g/mol. The van der Waals surface area contributed by atoms with Gasteiger partial charge in [0.25, 0.3) is 0 Å². The normalized spacial score (nSPS) is 40.0. The highest BCUT2D eigenvalue weighted by molar-refractivity contribution is 5.98. The van der Waals surface area contributed by atoms with Gasteiger partial charge in [0.15, 0.2) is 11.9 Å². The standard InChI is InChI=1S/C18H19NO4/c1-19-7-6-17-14-10-2-3-11(9-20)15(14)23-16(17)12(21)4-5-18(17,22)13(19)8-10/h2-5,13,16,20,22H,6-9H2,1H3/t13-,16+,17+,18-/m1/s1. The average Bonchev–Trinajstić information content (AvgIpc) is 2.90. The van der Waals surface area contributed by atoms with Gasteiger partial charge in [-0.15, -0.1) is 0 Å². The number of piperidine rings is 1. The molecule has 0 radical (unpaired) electrons. The van der Waals surface area contributed by atoms with E-state index >= 15 is 0 Å². The maximum Gasteiger partial charge on any atom is 0.196 e. The monoisotopic (exact) mass is 313 g/mol. The number of ether oxygens (including phenoxy) is 1. The molecule has 2 N–H and O–H groups in total. The molecule has 1 fully saturated rings. The van der Waals surface area contributed by atoms with Crippen LogP contribution >= 0.6 is 0 Å². The van der Waals surface area contributed by atoms with Crippen LogP contribution in [0.5, 0.6) is 5.75 Å². The summed E-state index contributed by atoms with van der Waals surface area (Å²) >= 11 is 0. The predicted molar refractivity (Wildman–Crippen MR) is 82.3 cm³/mol. The van der Waals surface area contributed by atoms with Gasteiger partial charge in [-0.1, -0.05) is 12.1 Å². The molecule has 4 atom stereocenters. The minimum absolute atomic E-state index is 0.0647. The van der Waals surface area contributed by atoms with Crippen LogP contribution in [-0.2, 0) is 23.2 Å². The second kappa shape index (κ2) is 4.04. The van der Waals surface area contributed by atoms with Gasteiger partial charge in [0.05, 0.1) is 12.0 Å². The fraction of sp³-hybridized carbons (Fsp3) is 0.500. The lowest BCUT2D eigenvalue weighted by Gasteiger charge is -2.60. The second-order valence-electron chi connectivity index (χ2n) is 7.23. The Morgan fingerprint density at radius 3 is 3.04 bits per heavy atom. The molecule has 120 valence electrons. The lowest BCUT2D eigenvalue weighted by molar-refractivity contribution is -0.151. The number of benzene rings is 1. The zero-order chi connectivity index (χ0) is 16.0. The molecule has 2 aliphatic heterocycles. The summed E-state index contributed by atoms with van der Waals surface area (Å²) in [5, 5.41) is 21.3. The Labute approximate surface area is 134 Å². The molecule has 2 bridgehead atoms. The van der Waals surface area contributed by atoms with Crippen molar-refractivity contribution in [2.75, 3.05) is 13.6 Å². The van der Waals surface area contributed by atoms with Gasteiger partial charge >= 0.3 is 0 Å². The molecule has 1 saturated heterocycles. The first-order valence-corrected chi connectivity index (χ1v) is 8.11. The zero-order valence-corrected chi connectivity index (χ0v) is 13.0. The van der Waals surface area contributed by atoms with Gasteiger partial charge in [-0.05, 0) is 44.1 Å². The molecule has 5 heteroatoms. The van der Waals surface area contributed by atoms with Crippen LogP contribution in [0.1, 0.15) is 23.1 Å². The molecule has 4 aliphatic rings. The molecule has 0 aromatic heterocycles. The fourth-order valence-corrected chi connectivity index (χ4v) is 5.32. The van der Waals surface area contributed by atoms with E-state index in [1.54, 1.807) is 6.08 Å². The quantitative estimate of drug-likeness (QED) is 0.781. The number of likely N-dealkylation sites (tertiary alicyclic amines) is 1. The Kier molecular flexibility index (Phi) is 2.41. The first kappa shape index (κ1) is 13.7. The fourth-order valence-electron chi connectivity index (χ4n) is 5.32. The predicted octanol–water partition coefficient (Wildman–Crippen LogP) is 0.308. The third kappa shape index (κ3) is 1.30. The van der Waals surface area contributed by atoms with E-state index in [2.05, 4.69) is 4.90 Å². The van der Waals surface area contributed by atoms with Crippen molar-refractivity contribution in [2.24, 2.45) is 0 Å². The van der Waals surface area contributed by atoms with Crippen LogP contribution in [0.3, 0.4) is 0 Å². The number of likely N-dealkylation sites (N-methyl/N-ethyl adjacent to an activating group) is 1. The Morgan fingerprint density at radius 2 is 2.26 bits per heavy atom. The van der Waals surface area contributed by atoms with E-state index in [1.165, 1.54) is 6.08 Å². The van der Waals surface area contributed by atoms with Crippen molar-refractivity contribution in [3.63, 3.8) is 0 Å². The summed E-state index contributed by atoms with van der Waals surface area (Å²) in [5.41, 5.74) is 0.956. The average molecular weight is 313 g/mol. The number of hydrogen-bond acceptors (Lipinski definition) is 5. The van der Waals surface area contributed by atoms with Crippen LogP contribution in [-0.4, -0.2) is 52.2 Å². The smallest absolute Gasteiger partial charge is 0.196 e. The highest BCUT2D eigenvalue weighted by atomic mass is 16.5. The molecule has 2 heterocycles. The number of ketones is 1. The molecule has 5 nitrogen and oxygen atoms in total. The maximum atomic E-state index is 12.5. The Hall–Kier alpha value is -1.69. The van der Waals surface area contributed by atoms with Crippen molar-refractivity contribution < 1.29 is 19.7 Å². The molecule has 1 aromatic rings. The van der Waals surface area contributed by atoms with Crippen molar-refractivity contribution in [3.8, 4) is 5.75 Å². The topological polar surface area (TPSA) is 70.0 Å². The first-order valence-electron chi connectivity index (χ1n) is 8.11. The number of carbonyl (C=O) groups is 1. The third-order valence-electron chi connectivity index (χ3n) is 6.41. The van der Waals surface area contributed by atoms with Crippen molar-refractivity contribution in [1.29, 1.82) is 0 Å². The summed E-state index contributed by atoms with van der Waals surface area (Å²) < 4.78 is 6.07. The van der Waals surface area contributed by atoms with Crippen LogP contribution < -0.4 is 4.74 Å². The number of aliphatic hydroxyl groups is 2. The van der Waals surface area contributed by atoms with Crippen LogP contribution in [0.25, 0.3) is 0 Å². The number of hydrogen-bond donors (Lipinski definition) is 2. The van der Waals surface area contributed by atoms with Crippen LogP contribution in [0, 0.1) is 0 Å². The van der Waals surface area contributed by atoms with Crippen molar-refractivity contribution in [1.82, 2.24) is 4.90 Å². The first-order chi connectivity index (χ1) is 11.0. The molecule has 5 rings (SSSR count). The largest absolute Gasteiger partial charge is 0.481 e. The van der Waals surface area contributed by atoms with E-state index in [-0.39, 0.29) is 18.4 Å². The van der Waals surface area contributed by atoms with E-state index < -0.39 is 17.1 Å². The van der Waals surface area contributed by atoms with Crippen molar-refractivity contribution in [3.05, 3.63) is 41.0 Å². The van der Waals surface area contributed by atoms with E-state index in [1.807, 2.05) is 19.2 Å². The summed E-state index contributed by atoms with van der Waals surface area (Å²) in [7, 11) is 2.03. The van der Waals surface area contributed by atoms with Gasteiger partial charge in [-0.2, -0.15) is 0 Å². The lowest BCUT2D eigenvalue weighted by Crippen LogP contribution is -2.74. The van der Waals surface area contributed by atoms with E-state index in [9.17, 15) is 15.0 Å². The van der Waals surface area contributed by atoms with Gasteiger partial charge in [0.1, 0.15) is 11.4 Å². The molecule has 0 unspecified atom stereocenters. The van der Waals surface area contributed by atoms with Crippen molar-refractivity contribution in [2.45, 2.75) is 42.6 Å². The summed E-state index contributed by atoms with van der Waals surface area (Å²) in [5.74, 6) is 0.527. The zero-order valence-electron chi connectivity index (χ0n) is 13.0. The summed E-state index contributed by atoms with van der Waals surface area (Å²) in [6.07, 6.45) is 3.88. The number of nitrogens with zero attached hydrogens (tertiary/aromatic N) is 1. The number of carbonyl (C=O) groups excluding carboxylic acids is 1. The number of rotatable bonds is 1. The van der Waals surface area contributed by atoms with Crippen molar-refractivity contribution >= 4 is 5.78 Å². The summed E-state index contributed by atoms with van der Waals surface area (Å²) in [6.45, 7) is 0.685. The van der Waals surface area contributed by atoms with Crippen LogP contribution in [0.2, 0.25) is 0 Å².